The lowest BCUT2D eigenvalue weighted by Gasteiger charge is -2.16. The van der Waals surface area contributed by atoms with Gasteiger partial charge in [0.2, 0.25) is 0 Å². The summed E-state index contributed by atoms with van der Waals surface area (Å²) in [5, 5.41) is 0. The van der Waals surface area contributed by atoms with Crippen molar-refractivity contribution in [3.05, 3.63) is 84.4 Å². The van der Waals surface area contributed by atoms with E-state index in [2.05, 4.69) is 43.0 Å². The SMILES string of the molecule is C=CC[C@@H](CCc1ccccc1)OCOCc1ccccc1. The van der Waals surface area contributed by atoms with Crippen molar-refractivity contribution < 1.29 is 9.47 Å². The Hall–Kier alpha value is -1.90. The molecule has 0 aliphatic carbocycles. The molecule has 0 bridgehead atoms. The highest BCUT2D eigenvalue weighted by atomic mass is 16.7. The molecule has 2 aromatic rings. The lowest BCUT2D eigenvalue weighted by Crippen LogP contribution is -2.15. The van der Waals surface area contributed by atoms with Crippen molar-refractivity contribution in [1.82, 2.24) is 0 Å². The fourth-order valence-corrected chi connectivity index (χ4v) is 2.31. The first-order chi connectivity index (χ1) is 10.9. The fraction of sp³-hybridized carbons (Fsp3) is 0.300. The van der Waals surface area contributed by atoms with Crippen LogP contribution < -0.4 is 0 Å². The summed E-state index contributed by atoms with van der Waals surface area (Å²) in [6, 6.07) is 20.6. The summed E-state index contributed by atoms with van der Waals surface area (Å²) in [6.07, 6.45) is 4.91. The van der Waals surface area contributed by atoms with Crippen LogP contribution in [0, 0.1) is 0 Å². The summed E-state index contributed by atoms with van der Waals surface area (Å²) < 4.78 is 11.4. The van der Waals surface area contributed by atoms with Crippen LogP contribution >= 0.6 is 0 Å². The third-order valence-corrected chi connectivity index (χ3v) is 3.53. The molecule has 0 saturated heterocycles. The molecule has 2 aromatic carbocycles. The highest BCUT2D eigenvalue weighted by molar-refractivity contribution is 5.15. The van der Waals surface area contributed by atoms with Crippen molar-refractivity contribution in [3.63, 3.8) is 0 Å². The van der Waals surface area contributed by atoms with Crippen LogP contribution in [-0.4, -0.2) is 12.9 Å². The van der Waals surface area contributed by atoms with Gasteiger partial charge in [-0.3, -0.25) is 0 Å². The van der Waals surface area contributed by atoms with Crippen LogP contribution in [0.5, 0.6) is 0 Å². The van der Waals surface area contributed by atoms with Crippen molar-refractivity contribution in [3.8, 4) is 0 Å². The predicted octanol–water partition coefficient (Wildman–Crippen LogP) is 4.75. The minimum Gasteiger partial charge on any atom is -0.352 e. The van der Waals surface area contributed by atoms with Gasteiger partial charge in [0.1, 0.15) is 6.79 Å². The van der Waals surface area contributed by atoms with E-state index in [0.29, 0.717) is 13.4 Å². The van der Waals surface area contributed by atoms with Crippen LogP contribution in [0.1, 0.15) is 24.0 Å². The molecule has 0 heterocycles. The van der Waals surface area contributed by atoms with E-state index in [0.717, 1.165) is 24.8 Å². The Morgan fingerprint density at radius 2 is 1.55 bits per heavy atom. The maximum absolute atomic E-state index is 5.83. The predicted molar refractivity (Wildman–Crippen MR) is 90.5 cm³/mol. The van der Waals surface area contributed by atoms with Crippen LogP contribution in [0.3, 0.4) is 0 Å². The van der Waals surface area contributed by atoms with Gasteiger partial charge in [0.15, 0.2) is 0 Å². The Labute approximate surface area is 133 Å². The standard InChI is InChI=1S/C20H24O2/c1-2-9-20(15-14-18-10-5-3-6-11-18)22-17-21-16-19-12-7-4-8-13-19/h2-8,10-13,20H,1,9,14-17H2/t20-/m0/s1. The lowest BCUT2D eigenvalue weighted by atomic mass is 10.1. The molecule has 2 rings (SSSR count). The summed E-state index contributed by atoms with van der Waals surface area (Å²) >= 11 is 0. The molecule has 0 radical (unpaired) electrons. The van der Waals surface area contributed by atoms with Gasteiger partial charge in [-0.2, -0.15) is 0 Å². The number of hydrogen-bond donors (Lipinski definition) is 0. The highest BCUT2D eigenvalue weighted by Gasteiger charge is 2.07. The average molecular weight is 296 g/mol. The Morgan fingerprint density at radius 3 is 2.18 bits per heavy atom. The number of ether oxygens (including phenoxy) is 2. The van der Waals surface area contributed by atoms with Gasteiger partial charge in [-0.05, 0) is 30.4 Å². The minimum atomic E-state index is 0.161. The van der Waals surface area contributed by atoms with Crippen LogP contribution in [0.2, 0.25) is 0 Å². The van der Waals surface area contributed by atoms with Crippen LogP contribution in [0.15, 0.2) is 73.3 Å². The molecule has 2 nitrogen and oxygen atoms in total. The van der Waals surface area contributed by atoms with Crippen molar-refractivity contribution in [2.24, 2.45) is 0 Å². The van der Waals surface area contributed by atoms with Gasteiger partial charge in [0.05, 0.1) is 12.7 Å². The third-order valence-electron chi connectivity index (χ3n) is 3.53. The number of benzene rings is 2. The first-order valence-electron chi connectivity index (χ1n) is 7.76. The molecule has 0 aliphatic rings. The van der Waals surface area contributed by atoms with E-state index in [4.69, 9.17) is 9.47 Å². The molecule has 0 amide bonds. The molecular weight excluding hydrogens is 272 g/mol. The van der Waals surface area contributed by atoms with E-state index >= 15 is 0 Å². The van der Waals surface area contributed by atoms with Crippen LogP contribution in [-0.2, 0) is 22.5 Å². The van der Waals surface area contributed by atoms with E-state index in [1.807, 2.05) is 30.3 Å². The Morgan fingerprint density at radius 1 is 0.909 bits per heavy atom. The quantitative estimate of drug-likeness (QED) is 0.358. The largest absolute Gasteiger partial charge is 0.352 e. The smallest absolute Gasteiger partial charge is 0.147 e. The zero-order chi connectivity index (χ0) is 15.5. The van der Waals surface area contributed by atoms with Crippen molar-refractivity contribution in [1.29, 1.82) is 0 Å². The summed E-state index contributed by atoms with van der Waals surface area (Å²) in [7, 11) is 0. The van der Waals surface area contributed by atoms with Crippen LogP contribution in [0.4, 0.5) is 0 Å². The average Bonchev–Trinajstić information content (AvgIpc) is 2.58. The van der Waals surface area contributed by atoms with Gasteiger partial charge in [0.25, 0.3) is 0 Å². The van der Waals surface area contributed by atoms with Crippen LogP contribution in [0.25, 0.3) is 0 Å². The Bertz CT molecular complexity index is 522. The summed E-state index contributed by atoms with van der Waals surface area (Å²) in [5.74, 6) is 0. The second-order valence-electron chi connectivity index (χ2n) is 5.29. The fourth-order valence-electron chi connectivity index (χ4n) is 2.31. The lowest BCUT2D eigenvalue weighted by molar-refractivity contribution is -0.0965. The van der Waals surface area contributed by atoms with E-state index < -0.39 is 0 Å². The maximum Gasteiger partial charge on any atom is 0.147 e. The molecule has 0 unspecified atom stereocenters. The Kier molecular flexibility index (Phi) is 7.44. The zero-order valence-electron chi connectivity index (χ0n) is 13.0. The van der Waals surface area contributed by atoms with Gasteiger partial charge in [0, 0.05) is 0 Å². The van der Waals surface area contributed by atoms with Gasteiger partial charge in [-0.25, -0.2) is 0 Å². The molecule has 116 valence electrons. The van der Waals surface area contributed by atoms with Gasteiger partial charge in [-0.15, -0.1) is 6.58 Å². The maximum atomic E-state index is 5.83. The van der Waals surface area contributed by atoms with Gasteiger partial charge >= 0.3 is 0 Å². The molecule has 0 aliphatic heterocycles. The number of aryl methyl sites for hydroxylation is 1. The van der Waals surface area contributed by atoms with E-state index in [-0.39, 0.29) is 6.10 Å². The topological polar surface area (TPSA) is 18.5 Å². The molecule has 0 fully saturated rings. The highest BCUT2D eigenvalue weighted by Crippen LogP contribution is 2.11. The first kappa shape index (κ1) is 16.5. The summed E-state index contributed by atoms with van der Waals surface area (Å²) in [5.41, 5.74) is 2.50. The van der Waals surface area contributed by atoms with Crippen molar-refractivity contribution in [2.45, 2.75) is 32.0 Å². The zero-order valence-corrected chi connectivity index (χ0v) is 13.0. The third kappa shape index (κ3) is 6.25. The van der Waals surface area contributed by atoms with Gasteiger partial charge in [-0.1, -0.05) is 66.7 Å². The molecular formula is C20H24O2. The van der Waals surface area contributed by atoms with E-state index in [9.17, 15) is 0 Å². The Balaban J connectivity index is 1.68. The number of rotatable bonds is 10. The van der Waals surface area contributed by atoms with Crippen molar-refractivity contribution >= 4 is 0 Å². The first-order valence-corrected chi connectivity index (χ1v) is 7.76. The van der Waals surface area contributed by atoms with E-state index in [1.54, 1.807) is 0 Å². The molecule has 2 heteroatoms. The molecule has 0 N–H and O–H groups in total. The second kappa shape index (κ2) is 9.93. The molecule has 0 spiro atoms. The van der Waals surface area contributed by atoms with Gasteiger partial charge < -0.3 is 9.47 Å². The molecule has 0 aromatic heterocycles. The molecule has 1 atom stereocenters. The normalized spacial score (nSPS) is 12.0. The summed E-state index contributed by atoms with van der Waals surface area (Å²) in [4.78, 5) is 0. The van der Waals surface area contributed by atoms with E-state index in [1.165, 1.54) is 5.56 Å². The molecule has 0 saturated carbocycles. The second-order valence-corrected chi connectivity index (χ2v) is 5.29. The van der Waals surface area contributed by atoms with Crippen molar-refractivity contribution in [2.75, 3.05) is 6.79 Å². The monoisotopic (exact) mass is 296 g/mol. The minimum absolute atomic E-state index is 0.161. The molecule has 22 heavy (non-hydrogen) atoms. The number of hydrogen-bond acceptors (Lipinski definition) is 2. The summed E-state index contributed by atoms with van der Waals surface area (Å²) in [6.45, 7) is 4.72.